The molecule has 2 rings (SSSR count). The van der Waals surface area contributed by atoms with Crippen LogP contribution in [0, 0.1) is 5.41 Å². The molecule has 0 fully saturated rings. The normalized spacial score (nSPS) is 11.2. The second kappa shape index (κ2) is 5.67. The van der Waals surface area contributed by atoms with E-state index in [0.29, 0.717) is 19.3 Å². The van der Waals surface area contributed by atoms with Gasteiger partial charge in [0.05, 0.1) is 0 Å². The molecular formula is C14H20N2O2. The lowest BCUT2D eigenvalue weighted by Gasteiger charge is -2.19. The molecule has 4 nitrogen and oxygen atoms in total. The molecular weight excluding hydrogens is 228 g/mol. The highest BCUT2D eigenvalue weighted by Crippen LogP contribution is 2.32. The van der Waals surface area contributed by atoms with Gasteiger partial charge < -0.3 is 11.5 Å². The Morgan fingerprint density at radius 1 is 1.17 bits per heavy atom. The van der Waals surface area contributed by atoms with E-state index in [-0.39, 0.29) is 11.8 Å². The number of hydrogen-bond acceptors (Lipinski definition) is 2. The molecule has 0 bridgehead atoms. The Labute approximate surface area is 107 Å². The topological polar surface area (TPSA) is 86.2 Å². The van der Waals surface area contributed by atoms with Crippen LogP contribution in [0.1, 0.15) is 33.1 Å². The first-order valence-electron chi connectivity index (χ1n) is 6.01. The molecule has 0 heterocycles. The Morgan fingerprint density at radius 3 is 2.00 bits per heavy atom. The Morgan fingerprint density at radius 2 is 1.72 bits per heavy atom. The molecule has 4 N–H and O–H groups in total. The van der Waals surface area contributed by atoms with E-state index in [1.54, 1.807) is 13.8 Å². The zero-order valence-electron chi connectivity index (χ0n) is 10.9. The predicted molar refractivity (Wildman–Crippen MR) is 71.5 cm³/mol. The van der Waals surface area contributed by atoms with Gasteiger partial charge >= 0.3 is 0 Å². The van der Waals surface area contributed by atoms with Gasteiger partial charge in [0.15, 0.2) is 0 Å². The standard InChI is InChI=1S/C8H16N2O2.C6H4/c1-8(2,7(10)12)5-3-4-6(9)11;1-2-5-4-6(5)3-1/h3-5H2,1-2H3,(H2,9,11)(H2,10,12);1-4H. The van der Waals surface area contributed by atoms with Gasteiger partial charge in [0, 0.05) is 11.8 Å². The van der Waals surface area contributed by atoms with Crippen LogP contribution in [0.3, 0.4) is 0 Å². The molecule has 0 aliphatic heterocycles. The fraction of sp³-hybridized carbons (Fsp3) is 0.429. The summed E-state index contributed by atoms with van der Waals surface area (Å²) in [5, 5.41) is 0. The summed E-state index contributed by atoms with van der Waals surface area (Å²) < 4.78 is 0. The molecule has 0 aromatic rings. The largest absolute Gasteiger partial charge is 0.370 e. The van der Waals surface area contributed by atoms with Crippen molar-refractivity contribution in [3.05, 3.63) is 24.3 Å². The number of amides is 2. The fourth-order valence-electron chi connectivity index (χ4n) is 1.50. The van der Waals surface area contributed by atoms with Crippen LogP contribution in [0.4, 0.5) is 0 Å². The SMILES string of the molecule is CC(C)(CCCC(N)=O)C(N)=O.c1cc2cc-2c1. The van der Waals surface area contributed by atoms with Crippen molar-refractivity contribution in [1.82, 2.24) is 0 Å². The monoisotopic (exact) mass is 248 g/mol. The lowest BCUT2D eigenvalue weighted by molar-refractivity contribution is -0.127. The summed E-state index contributed by atoms with van der Waals surface area (Å²) in [6.45, 7) is 3.52. The molecule has 2 amide bonds. The zero-order valence-corrected chi connectivity index (χ0v) is 10.9. The molecule has 98 valence electrons. The maximum atomic E-state index is 10.8. The highest BCUT2D eigenvalue weighted by molar-refractivity contribution is 5.80. The van der Waals surface area contributed by atoms with Crippen LogP contribution in [0.15, 0.2) is 24.3 Å². The van der Waals surface area contributed by atoms with Gasteiger partial charge in [0.2, 0.25) is 11.8 Å². The number of carbonyl (C=O) groups is 2. The van der Waals surface area contributed by atoms with E-state index in [0.717, 1.165) is 0 Å². The quantitative estimate of drug-likeness (QED) is 0.845. The van der Waals surface area contributed by atoms with Crippen molar-refractivity contribution in [3.8, 4) is 11.1 Å². The van der Waals surface area contributed by atoms with Gasteiger partial charge in [-0.15, -0.1) is 0 Å². The predicted octanol–water partition coefficient (Wildman–Crippen LogP) is 1.82. The average Bonchev–Trinajstić information content (AvgIpc) is 2.85. The van der Waals surface area contributed by atoms with E-state index in [1.165, 1.54) is 11.1 Å². The van der Waals surface area contributed by atoms with Crippen molar-refractivity contribution in [2.75, 3.05) is 0 Å². The Hall–Kier alpha value is -1.84. The first-order valence-corrected chi connectivity index (χ1v) is 6.01. The minimum absolute atomic E-state index is 0.316. The second-order valence-electron chi connectivity index (χ2n) is 5.15. The molecule has 0 atom stereocenters. The minimum atomic E-state index is -0.532. The summed E-state index contributed by atoms with van der Waals surface area (Å²) in [4.78, 5) is 21.2. The van der Waals surface area contributed by atoms with E-state index in [2.05, 4.69) is 24.3 Å². The van der Waals surface area contributed by atoms with E-state index >= 15 is 0 Å². The number of rotatable bonds is 5. The van der Waals surface area contributed by atoms with Crippen molar-refractivity contribution >= 4 is 11.8 Å². The third-order valence-corrected chi connectivity index (χ3v) is 3.00. The highest BCUT2D eigenvalue weighted by atomic mass is 16.1. The molecule has 0 spiro atoms. The number of primary amides is 2. The molecule has 0 aromatic carbocycles. The first-order chi connectivity index (χ1) is 8.33. The van der Waals surface area contributed by atoms with Gasteiger partial charge in [-0.25, -0.2) is 0 Å². The molecule has 2 aliphatic carbocycles. The number of nitrogens with two attached hydrogens (primary N) is 2. The molecule has 2 aliphatic rings. The van der Waals surface area contributed by atoms with Crippen LogP contribution < -0.4 is 11.5 Å². The first kappa shape index (κ1) is 14.2. The van der Waals surface area contributed by atoms with Crippen LogP contribution in [0.25, 0.3) is 11.1 Å². The summed E-state index contributed by atoms with van der Waals surface area (Å²) in [7, 11) is 0. The van der Waals surface area contributed by atoms with Crippen LogP contribution in [-0.2, 0) is 9.59 Å². The number of carbonyl (C=O) groups excluding carboxylic acids is 2. The van der Waals surface area contributed by atoms with Crippen molar-refractivity contribution < 1.29 is 9.59 Å². The highest BCUT2D eigenvalue weighted by Gasteiger charge is 2.24. The summed E-state index contributed by atoms with van der Waals surface area (Å²) in [5.41, 5.74) is 12.4. The van der Waals surface area contributed by atoms with Crippen molar-refractivity contribution in [2.45, 2.75) is 33.1 Å². The summed E-state index contributed by atoms with van der Waals surface area (Å²) in [5.74, 6) is -0.678. The zero-order chi connectivity index (χ0) is 13.8. The average molecular weight is 248 g/mol. The number of benzene rings is 1. The Balaban J connectivity index is 0.000000217. The lowest BCUT2D eigenvalue weighted by Crippen LogP contribution is -2.31. The fourth-order valence-corrected chi connectivity index (χ4v) is 1.50. The lowest BCUT2D eigenvalue weighted by atomic mass is 9.86. The van der Waals surface area contributed by atoms with Gasteiger partial charge in [0.1, 0.15) is 0 Å². The van der Waals surface area contributed by atoms with E-state index in [9.17, 15) is 9.59 Å². The summed E-state index contributed by atoms with van der Waals surface area (Å²) in [6, 6.07) is 8.48. The molecule has 0 unspecified atom stereocenters. The third kappa shape index (κ3) is 4.57. The van der Waals surface area contributed by atoms with Crippen LogP contribution in [0.2, 0.25) is 0 Å². The van der Waals surface area contributed by atoms with Crippen molar-refractivity contribution in [1.29, 1.82) is 0 Å². The summed E-state index contributed by atoms with van der Waals surface area (Å²) >= 11 is 0. The molecule has 0 saturated carbocycles. The Bertz CT molecular complexity index is 436. The van der Waals surface area contributed by atoms with Crippen LogP contribution in [0.5, 0.6) is 0 Å². The smallest absolute Gasteiger partial charge is 0.223 e. The molecule has 0 saturated heterocycles. The van der Waals surface area contributed by atoms with Gasteiger partial charge in [-0.05, 0) is 30.0 Å². The number of fused-ring (bicyclic) bond motifs is 1. The summed E-state index contributed by atoms with van der Waals surface area (Å²) in [6.07, 6.45) is 1.53. The maximum absolute atomic E-state index is 10.8. The van der Waals surface area contributed by atoms with Gasteiger partial charge in [-0.1, -0.05) is 32.0 Å². The van der Waals surface area contributed by atoms with Crippen molar-refractivity contribution in [3.63, 3.8) is 0 Å². The molecule has 0 radical (unpaired) electrons. The van der Waals surface area contributed by atoms with E-state index < -0.39 is 5.41 Å². The third-order valence-electron chi connectivity index (χ3n) is 3.00. The molecule has 0 aromatic heterocycles. The number of hydrogen-bond donors (Lipinski definition) is 2. The minimum Gasteiger partial charge on any atom is -0.370 e. The Kier molecular flexibility index (Phi) is 4.48. The van der Waals surface area contributed by atoms with E-state index in [4.69, 9.17) is 11.5 Å². The van der Waals surface area contributed by atoms with Gasteiger partial charge in [0.25, 0.3) is 0 Å². The van der Waals surface area contributed by atoms with Crippen molar-refractivity contribution in [2.24, 2.45) is 16.9 Å². The van der Waals surface area contributed by atoms with Gasteiger partial charge in [-0.3, -0.25) is 9.59 Å². The van der Waals surface area contributed by atoms with Gasteiger partial charge in [-0.2, -0.15) is 0 Å². The second-order valence-corrected chi connectivity index (χ2v) is 5.15. The molecule has 18 heavy (non-hydrogen) atoms. The molecule has 4 heteroatoms. The maximum Gasteiger partial charge on any atom is 0.223 e. The van der Waals surface area contributed by atoms with Crippen LogP contribution in [-0.4, -0.2) is 11.8 Å². The van der Waals surface area contributed by atoms with E-state index in [1.807, 2.05) is 0 Å². The van der Waals surface area contributed by atoms with Crippen LogP contribution >= 0.6 is 0 Å².